The van der Waals surface area contributed by atoms with Crippen LogP contribution < -0.4 is 9.47 Å². The van der Waals surface area contributed by atoms with Gasteiger partial charge in [-0.1, -0.05) is 19.9 Å². The minimum absolute atomic E-state index is 0.254. The van der Waals surface area contributed by atoms with Crippen LogP contribution >= 0.6 is 0 Å². The number of rotatable bonds is 9. The van der Waals surface area contributed by atoms with Gasteiger partial charge in [0.15, 0.2) is 17.3 Å². The molecule has 1 atom stereocenters. The molecule has 1 aliphatic rings. The molecule has 8 nitrogen and oxygen atoms in total. The number of aromatic nitrogens is 4. The molecule has 8 heteroatoms. The van der Waals surface area contributed by atoms with Crippen LogP contribution in [0.2, 0.25) is 0 Å². The molecule has 2 aromatic rings. The van der Waals surface area contributed by atoms with Crippen LogP contribution in [0.1, 0.15) is 37.7 Å². The number of hydrogen-bond donors (Lipinski definition) is 0. The maximum atomic E-state index is 5.42. The van der Waals surface area contributed by atoms with E-state index >= 15 is 0 Å². The second-order valence-corrected chi connectivity index (χ2v) is 8.18. The fourth-order valence-corrected chi connectivity index (χ4v) is 3.88. The van der Waals surface area contributed by atoms with E-state index in [1.807, 2.05) is 16.8 Å². The molecular formula is C21H34N6O2. The monoisotopic (exact) mass is 402 g/mol. The van der Waals surface area contributed by atoms with Crippen LogP contribution in [0.3, 0.4) is 0 Å². The SMILES string of the molecule is COc1ccc(CCn2nnnc2[C@@H](CC(C)C)N2CCN(C)CC2)cc1OC. The van der Waals surface area contributed by atoms with Gasteiger partial charge >= 0.3 is 0 Å². The predicted molar refractivity (Wildman–Crippen MR) is 112 cm³/mol. The Morgan fingerprint density at radius 2 is 1.76 bits per heavy atom. The Bertz CT molecular complexity index is 770. The molecule has 0 spiro atoms. The first-order valence-electron chi connectivity index (χ1n) is 10.4. The van der Waals surface area contributed by atoms with E-state index in [1.54, 1.807) is 14.2 Å². The zero-order valence-electron chi connectivity index (χ0n) is 18.3. The highest BCUT2D eigenvalue weighted by Gasteiger charge is 2.29. The van der Waals surface area contributed by atoms with Gasteiger partial charge in [-0.15, -0.1) is 5.10 Å². The Balaban J connectivity index is 1.74. The maximum absolute atomic E-state index is 5.42. The number of hydrogen-bond acceptors (Lipinski definition) is 7. The molecular weight excluding hydrogens is 368 g/mol. The van der Waals surface area contributed by atoms with Crippen LogP contribution in [0, 0.1) is 5.92 Å². The number of ether oxygens (including phenoxy) is 2. The Morgan fingerprint density at radius 3 is 2.41 bits per heavy atom. The molecule has 1 aromatic heterocycles. The number of nitrogens with zero attached hydrogens (tertiary/aromatic N) is 6. The molecule has 0 unspecified atom stereocenters. The number of benzene rings is 1. The van der Waals surface area contributed by atoms with Gasteiger partial charge in [-0.25, -0.2) is 4.68 Å². The largest absolute Gasteiger partial charge is 0.493 e. The molecule has 1 aromatic carbocycles. The maximum Gasteiger partial charge on any atom is 0.168 e. The van der Waals surface area contributed by atoms with Crippen molar-refractivity contribution in [3.8, 4) is 11.5 Å². The van der Waals surface area contributed by atoms with Crippen molar-refractivity contribution in [3.63, 3.8) is 0 Å². The van der Waals surface area contributed by atoms with Crippen molar-refractivity contribution in [2.45, 2.75) is 39.3 Å². The second kappa shape index (κ2) is 10.0. The smallest absolute Gasteiger partial charge is 0.168 e. The van der Waals surface area contributed by atoms with E-state index in [9.17, 15) is 0 Å². The Labute approximate surface area is 173 Å². The number of methoxy groups -OCH3 is 2. The number of tetrazole rings is 1. The number of aryl methyl sites for hydroxylation is 2. The summed E-state index contributed by atoms with van der Waals surface area (Å²) in [7, 11) is 5.49. The van der Waals surface area contributed by atoms with Crippen LogP contribution in [-0.2, 0) is 13.0 Å². The van der Waals surface area contributed by atoms with E-state index in [0.717, 1.165) is 62.9 Å². The Kier molecular flexibility index (Phi) is 7.44. The van der Waals surface area contributed by atoms with E-state index in [4.69, 9.17) is 9.47 Å². The topological polar surface area (TPSA) is 68.5 Å². The molecule has 2 heterocycles. The van der Waals surface area contributed by atoms with Gasteiger partial charge in [-0.3, -0.25) is 4.90 Å². The van der Waals surface area contributed by atoms with Crippen LogP contribution in [-0.4, -0.2) is 77.5 Å². The third-order valence-electron chi connectivity index (χ3n) is 5.59. The lowest BCUT2D eigenvalue weighted by molar-refractivity contribution is 0.0931. The molecule has 0 radical (unpaired) electrons. The first-order valence-corrected chi connectivity index (χ1v) is 10.4. The molecule has 0 saturated carbocycles. The molecule has 1 aliphatic heterocycles. The van der Waals surface area contributed by atoms with Crippen molar-refractivity contribution in [1.29, 1.82) is 0 Å². The predicted octanol–water partition coefficient (Wildman–Crippen LogP) is 2.27. The van der Waals surface area contributed by atoms with E-state index in [1.165, 1.54) is 5.56 Å². The lowest BCUT2D eigenvalue weighted by atomic mass is 10.0. The highest BCUT2D eigenvalue weighted by molar-refractivity contribution is 5.42. The highest BCUT2D eigenvalue weighted by Crippen LogP contribution is 2.29. The lowest BCUT2D eigenvalue weighted by Gasteiger charge is -2.38. The van der Waals surface area contributed by atoms with E-state index in [2.05, 4.69) is 52.3 Å². The standard InChI is InChI=1S/C21H34N6O2/c1-16(2)14-18(26-12-10-25(3)11-13-26)21-22-23-24-27(21)9-8-17-6-7-19(28-4)20(15-17)29-5/h6-7,15-16,18H,8-14H2,1-5H3/t18-/m1/s1. The third-order valence-corrected chi connectivity index (χ3v) is 5.59. The van der Waals surface area contributed by atoms with Crippen LogP contribution in [0.5, 0.6) is 11.5 Å². The summed E-state index contributed by atoms with van der Waals surface area (Å²) < 4.78 is 12.7. The van der Waals surface area contributed by atoms with Gasteiger partial charge in [-0.2, -0.15) is 0 Å². The summed E-state index contributed by atoms with van der Waals surface area (Å²) in [6, 6.07) is 6.29. The quantitative estimate of drug-likeness (QED) is 0.637. The summed E-state index contributed by atoms with van der Waals surface area (Å²) in [4.78, 5) is 4.92. The summed E-state index contributed by atoms with van der Waals surface area (Å²) in [6.45, 7) is 9.54. The average Bonchev–Trinajstić information content (AvgIpc) is 3.19. The minimum Gasteiger partial charge on any atom is -0.493 e. The number of likely N-dealkylation sites (N-methyl/N-ethyl adjacent to an activating group) is 1. The van der Waals surface area contributed by atoms with E-state index in [-0.39, 0.29) is 6.04 Å². The van der Waals surface area contributed by atoms with Gasteiger partial charge < -0.3 is 14.4 Å². The molecule has 29 heavy (non-hydrogen) atoms. The zero-order valence-corrected chi connectivity index (χ0v) is 18.3. The Hall–Kier alpha value is -2.19. The summed E-state index contributed by atoms with van der Waals surface area (Å²) in [5.74, 6) is 3.04. The van der Waals surface area contributed by atoms with Gasteiger partial charge in [-0.05, 0) is 53.9 Å². The van der Waals surface area contributed by atoms with Crippen molar-refractivity contribution < 1.29 is 9.47 Å². The lowest BCUT2D eigenvalue weighted by Crippen LogP contribution is -2.46. The first-order chi connectivity index (χ1) is 14.0. The third kappa shape index (κ3) is 5.45. The van der Waals surface area contributed by atoms with Crippen molar-refractivity contribution in [2.75, 3.05) is 47.4 Å². The van der Waals surface area contributed by atoms with Crippen molar-refractivity contribution in [1.82, 2.24) is 30.0 Å². The first kappa shape index (κ1) is 21.5. The fraction of sp³-hybridized carbons (Fsp3) is 0.667. The van der Waals surface area contributed by atoms with Gasteiger partial charge in [0.05, 0.1) is 20.3 Å². The molecule has 0 bridgehead atoms. The van der Waals surface area contributed by atoms with E-state index < -0.39 is 0 Å². The van der Waals surface area contributed by atoms with Crippen LogP contribution in [0.4, 0.5) is 0 Å². The normalized spacial score (nSPS) is 16.9. The van der Waals surface area contributed by atoms with Crippen LogP contribution in [0.15, 0.2) is 18.2 Å². The molecule has 0 N–H and O–H groups in total. The van der Waals surface area contributed by atoms with Crippen LogP contribution in [0.25, 0.3) is 0 Å². The number of piperazine rings is 1. The van der Waals surface area contributed by atoms with E-state index in [0.29, 0.717) is 5.92 Å². The minimum atomic E-state index is 0.254. The van der Waals surface area contributed by atoms with Gasteiger partial charge in [0, 0.05) is 32.7 Å². The Morgan fingerprint density at radius 1 is 1.03 bits per heavy atom. The highest BCUT2D eigenvalue weighted by atomic mass is 16.5. The summed E-state index contributed by atoms with van der Waals surface area (Å²) >= 11 is 0. The van der Waals surface area contributed by atoms with Gasteiger partial charge in [0.2, 0.25) is 0 Å². The molecule has 3 rings (SSSR count). The molecule has 0 aliphatic carbocycles. The summed E-state index contributed by atoms with van der Waals surface area (Å²) in [6.07, 6.45) is 1.88. The molecule has 1 fully saturated rings. The van der Waals surface area contributed by atoms with Crippen molar-refractivity contribution in [3.05, 3.63) is 29.6 Å². The zero-order chi connectivity index (χ0) is 20.8. The van der Waals surface area contributed by atoms with Gasteiger partial charge in [0.1, 0.15) is 0 Å². The average molecular weight is 403 g/mol. The van der Waals surface area contributed by atoms with Crippen molar-refractivity contribution >= 4 is 0 Å². The van der Waals surface area contributed by atoms with Gasteiger partial charge in [0.25, 0.3) is 0 Å². The second-order valence-electron chi connectivity index (χ2n) is 8.18. The molecule has 160 valence electrons. The molecule has 0 amide bonds. The summed E-state index contributed by atoms with van der Waals surface area (Å²) in [5, 5.41) is 12.8. The molecule has 1 saturated heterocycles. The summed E-state index contributed by atoms with van der Waals surface area (Å²) in [5.41, 5.74) is 1.17. The fourth-order valence-electron chi connectivity index (χ4n) is 3.88. The van der Waals surface area contributed by atoms with Crippen molar-refractivity contribution in [2.24, 2.45) is 5.92 Å².